The standard InChI is InChI=1S/C23H28N2O2/c1-24-10-8-23-9-11-25(14-16-2-5-18(26)6-3-16)15-21(23)22(24)12-17-4-7-19(27)13-20(17)23/h2-7,13,21-22,26-27H,8-12,14-15H2,1H3/t21-,22+,23?/m0/s1. The molecule has 2 bridgehead atoms. The van der Waals surface area contributed by atoms with Crippen molar-refractivity contribution in [2.75, 3.05) is 26.7 Å². The predicted octanol–water partition coefficient (Wildman–Crippen LogP) is 3.12. The van der Waals surface area contributed by atoms with Crippen molar-refractivity contribution in [3.05, 3.63) is 59.2 Å². The molecule has 2 heterocycles. The van der Waals surface area contributed by atoms with Gasteiger partial charge in [0.25, 0.3) is 0 Å². The summed E-state index contributed by atoms with van der Waals surface area (Å²) in [6.07, 6.45) is 3.44. The highest BCUT2D eigenvalue weighted by molar-refractivity contribution is 5.45. The SMILES string of the molecule is CN1CCC23CCN(Cc4ccc(O)cc4)C[C@H]2[C@H]1Cc1ccc(O)cc13. The Morgan fingerprint density at radius 3 is 2.56 bits per heavy atom. The Hall–Kier alpha value is -2.04. The normalized spacial score (nSPS) is 30.6. The molecule has 0 saturated carbocycles. The third-order valence-corrected chi connectivity index (χ3v) is 7.38. The number of phenols is 2. The quantitative estimate of drug-likeness (QED) is 0.860. The number of likely N-dealkylation sites (N-methyl/N-ethyl adjacent to an activating group) is 1. The lowest BCUT2D eigenvalue weighted by molar-refractivity contribution is -0.0297. The van der Waals surface area contributed by atoms with E-state index in [0.29, 0.717) is 23.5 Å². The Morgan fingerprint density at radius 2 is 1.74 bits per heavy atom. The van der Waals surface area contributed by atoms with Gasteiger partial charge in [-0.15, -0.1) is 0 Å². The number of likely N-dealkylation sites (tertiary alicyclic amines) is 2. The Morgan fingerprint density at radius 1 is 1.00 bits per heavy atom. The van der Waals surface area contributed by atoms with Crippen LogP contribution in [0.25, 0.3) is 0 Å². The average molecular weight is 364 g/mol. The number of fused-ring (bicyclic) bond motifs is 1. The van der Waals surface area contributed by atoms with Crippen molar-refractivity contribution >= 4 is 0 Å². The lowest BCUT2D eigenvalue weighted by Crippen LogP contribution is -2.64. The second-order valence-corrected chi connectivity index (χ2v) is 8.76. The van der Waals surface area contributed by atoms with Gasteiger partial charge in [0.15, 0.2) is 0 Å². The molecule has 0 aromatic heterocycles. The molecule has 3 aliphatic rings. The molecule has 2 aromatic carbocycles. The zero-order valence-corrected chi connectivity index (χ0v) is 15.9. The molecule has 2 saturated heterocycles. The summed E-state index contributed by atoms with van der Waals surface area (Å²) < 4.78 is 0. The lowest BCUT2D eigenvalue weighted by atomic mass is 9.54. The van der Waals surface area contributed by atoms with Crippen LogP contribution in [0.5, 0.6) is 11.5 Å². The van der Waals surface area contributed by atoms with Crippen molar-refractivity contribution in [2.24, 2.45) is 5.92 Å². The van der Waals surface area contributed by atoms with Gasteiger partial charge in [-0.3, -0.25) is 4.90 Å². The summed E-state index contributed by atoms with van der Waals surface area (Å²) in [5.74, 6) is 1.35. The van der Waals surface area contributed by atoms with Gasteiger partial charge in [-0.05, 0) is 86.3 Å². The monoisotopic (exact) mass is 364 g/mol. The Labute approximate surface area is 161 Å². The topological polar surface area (TPSA) is 46.9 Å². The molecule has 5 rings (SSSR count). The summed E-state index contributed by atoms with van der Waals surface area (Å²) in [6, 6.07) is 14.3. The van der Waals surface area contributed by atoms with Gasteiger partial charge in [-0.2, -0.15) is 0 Å². The first-order chi connectivity index (χ1) is 13.0. The first-order valence-corrected chi connectivity index (χ1v) is 10.1. The number of aromatic hydroxyl groups is 2. The summed E-state index contributed by atoms with van der Waals surface area (Å²) in [7, 11) is 2.28. The molecule has 2 aliphatic heterocycles. The molecule has 2 aromatic rings. The highest BCUT2D eigenvalue weighted by atomic mass is 16.3. The highest BCUT2D eigenvalue weighted by Crippen LogP contribution is 2.53. The zero-order chi connectivity index (χ0) is 18.6. The van der Waals surface area contributed by atoms with Crippen LogP contribution in [0.15, 0.2) is 42.5 Å². The van der Waals surface area contributed by atoms with Crippen molar-refractivity contribution < 1.29 is 10.2 Å². The van der Waals surface area contributed by atoms with E-state index in [1.165, 1.54) is 23.1 Å². The molecule has 27 heavy (non-hydrogen) atoms. The Bertz CT molecular complexity index is 850. The largest absolute Gasteiger partial charge is 0.508 e. The maximum atomic E-state index is 10.2. The minimum Gasteiger partial charge on any atom is -0.508 e. The van der Waals surface area contributed by atoms with Crippen molar-refractivity contribution in [3.63, 3.8) is 0 Å². The smallest absolute Gasteiger partial charge is 0.115 e. The number of phenolic OH excluding ortho intramolecular Hbond substituents is 2. The van der Waals surface area contributed by atoms with E-state index in [9.17, 15) is 10.2 Å². The molecular formula is C23H28N2O2. The summed E-state index contributed by atoms with van der Waals surface area (Å²) in [4.78, 5) is 5.14. The summed E-state index contributed by atoms with van der Waals surface area (Å²) in [5.41, 5.74) is 4.33. The van der Waals surface area contributed by atoms with Crippen LogP contribution < -0.4 is 0 Å². The number of benzene rings is 2. The fraction of sp³-hybridized carbons (Fsp3) is 0.478. The minimum absolute atomic E-state index is 0.217. The van der Waals surface area contributed by atoms with Gasteiger partial charge in [0.2, 0.25) is 0 Å². The van der Waals surface area contributed by atoms with E-state index < -0.39 is 0 Å². The number of hydrogen-bond acceptors (Lipinski definition) is 4. The van der Waals surface area contributed by atoms with Gasteiger partial charge in [0, 0.05) is 24.5 Å². The van der Waals surface area contributed by atoms with Crippen LogP contribution in [0, 0.1) is 5.92 Å². The second-order valence-electron chi connectivity index (χ2n) is 8.76. The van der Waals surface area contributed by atoms with Crippen LogP contribution >= 0.6 is 0 Å². The molecule has 4 heteroatoms. The molecular weight excluding hydrogens is 336 g/mol. The van der Waals surface area contributed by atoms with Gasteiger partial charge in [0.05, 0.1) is 0 Å². The molecule has 0 amide bonds. The maximum absolute atomic E-state index is 10.2. The summed E-state index contributed by atoms with van der Waals surface area (Å²) in [5, 5.41) is 19.7. The second kappa shape index (κ2) is 6.25. The molecule has 0 spiro atoms. The van der Waals surface area contributed by atoms with Crippen molar-refractivity contribution in [3.8, 4) is 11.5 Å². The first kappa shape index (κ1) is 17.1. The molecule has 142 valence electrons. The van der Waals surface area contributed by atoms with Crippen LogP contribution in [0.4, 0.5) is 0 Å². The third kappa shape index (κ3) is 2.74. The molecule has 2 fully saturated rings. The fourth-order valence-corrected chi connectivity index (χ4v) is 5.94. The van der Waals surface area contributed by atoms with E-state index in [0.717, 1.165) is 39.0 Å². The molecule has 1 unspecified atom stereocenters. The summed E-state index contributed by atoms with van der Waals surface area (Å²) in [6.45, 7) is 4.28. The minimum atomic E-state index is 0.217. The van der Waals surface area contributed by atoms with Crippen LogP contribution in [0.3, 0.4) is 0 Å². The zero-order valence-electron chi connectivity index (χ0n) is 15.9. The van der Waals surface area contributed by atoms with Crippen LogP contribution in [-0.2, 0) is 18.4 Å². The van der Waals surface area contributed by atoms with Crippen molar-refractivity contribution in [1.82, 2.24) is 9.80 Å². The predicted molar refractivity (Wildman–Crippen MR) is 106 cm³/mol. The van der Waals surface area contributed by atoms with Crippen LogP contribution in [0.2, 0.25) is 0 Å². The number of hydrogen-bond donors (Lipinski definition) is 2. The van der Waals surface area contributed by atoms with E-state index in [4.69, 9.17) is 0 Å². The first-order valence-electron chi connectivity index (χ1n) is 10.1. The molecule has 1 aliphatic carbocycles. The highest BCUT2D eigenvalue weighted by Gasteiger charge is 2.54. The van der Waals surface area contributed by atoms with E-state index in [-0.39, 0.29) is 5.41 Å². The van der Waals surface area contributed by atoms with Gasteiger partial charge in [-0.25, -0.2) is 0 Å². The molecule has 2 N–H and O–H groups in total. The van der Waals surface area contributed by atoms with Crippen molar-refractivity contribution in [1.29, 1.82) is 0 Å². The Kier molecular flexibility index (Phi) is 3.95. The number of nitrogens with zero attached hydrogens (tertiary/aromatic N) is 2. The number of rotatable bonds is 2. The molecule has 0 radical (unpaired) electrons. The fourth-order valence-electron chi connectivity index (χ4n) is 5.94. The van der Waals surface area contributed by atoms with Gasteiger partial charge in [-0.1, -0.05) is 18.2 Å². The molecule has 4 nitrogen and oxygen atoms in total. The lowest BCUT2D eigenvalue weighted by Gasteiger charge is -2.60. The van der Waals surface area contributed by atoms with Gasteiger partial charge >= 0.3 is 0 Å². The van der Waals surface area contributed by atoms with E-state index in [2.05, 4.69) is 29.0 Å². The maximum Gasteiger partial charge on any atom is 0.115 e. The number of piperidine rings is 2. The van der Waals surface area contributed by atoms with Crippen LogP contribution in [-0.4, -0.2) is 52.7 Å². The van der Waals surface area contributed by atoms with Crippen LogP contribution in [0.1, 0.15) is 29.5 Å². The third-order valence-electron chi connectivity index (χ3n) is 7.38. The van der Waals surface area contributed by atoms with E-state index >= 15 is 0 Å². The molecule has 3 atom stereocenters. The van der Waals surface area contributed by atoms with Gasteiger partial charge < -0.3 is 15.1 Å². The Balaban J connectivity index is 1.46. The average Bonchev–Trinajstić information content (AvgIpc) is 2.67. The van der Waals surface area contributed by atoms with Gasteiger partial charge in [0.1, 0.15) is 11.5 Å². The van der Waals surface area contributed by atoms with Crippen molar-refractivity contribution in [2.45, 2.75) is 37.3 Å². The summed E-state index contributed by atoms with van der Waals surface area (Å²) >= 11 is 0. The van der Waals surface area contributed by atoms with E-state index in [1.807, 2.05) is 18.2 Å². The van der Waals surface area contributed by atoms with E-state index in [1.54, 1.807) is 12.1 Å².